The Labute approximate surface area is 157 Å². The van der Waals surface area contributed by atoms with Crippen LogP contribution in [0, 0.1) is 6.92 Å². The number of hydrogen-bond donors (Lipinski definition) is 1. The third-order valence-corrected chi connectivity index (χ3v) is 4.76. The van der Waals surface area contributed by atoms with Crippen molar-refractivity contribution in [3.05, 3.63) is 46.3 Å². The van der Waals surface area contributed by atoms with Crippen molar-refractivity contribution in [2.75, 3.05) is 19.0 Å². The number of amides is 1. The second kappa shape index (κ2) is 9.35. The number of nitrogens with one attached hydrogen (secondary N) is 1. The van der Waals surface area contributed by atoms with Crippen molar-refractivity contribution in [2.45, 2.75) is 33.5 Å². The van der Waals surface area contributed by atoms with Crippen molar-refractivity contribution in [2.24, 2.45) is 0 Å². The molecule has 26 heavy (non-hydrogen) atoms. The zero-order chi connectivity index (χ0) is 19.1. The molecule has 1 aromatic heterocycles. The zero-order valence-electron chi connectivity index (χ0n) is 15.3. The summed E-state index contributed by atoms with van der Waals surface area (Å²) in [5, 5.41) is 3.37. The van der Waals surface area contributed by atoms with Gasteiger partial charge in [0.1, 0.15) is 16.7 Å². The Hall–Kier alpha value is -2.38. The molecule has 0 saturated heterocycles. The molecule has 0 spiro atoms. The number of carbonyl (C=O) groups is 2. The molecule has 140 valence electrons. The Morgan fingerprint density at radius 3 is 2.73 bits per heavy atom. The highest BCUT2D eigenvalue weighted by atomic mass is 32.1. The lowest BCUT2D eigenvalue weighted by Gasteiger charge is -2.13. The van der Waals surface area contributed by atoms with E-state index in [1.165, 1.54) is 11.3 Å². The molecular weight excluding hydrogens is 354 g/mol. The molecule has 1 amide bonds. The number of thiophene rings is 1. The number of aryl methyl sites for hydroxylation is 1. The van der Waals surface area contributed by atoms with E-state index in [1.807, 2.05) is 24.3 Å². The number of esters is 1. The van der Waals surface area contributed by atoms with Crippen LogP contribution < -0.4 is 10.1 Å². The summed E-state index contributed by atoms with van der Waals surface area (Å²) in [4.78, 5) is 24.6. The first-order valence-electron chi connectivity index (χ1n) is 8.27. The van der Waals surface area contributed by atoms with Gasteiger partial charge < -0.3 is 19.5 Å². The average molecular weight is 377 g/mol. The van der Waals surface area contributed by atoms with Crippen molar-refractivity contribution < 1.29 is 23.8 Å². The fourth-order valence-corrected chi connectivity index (χ4v) is 3.19. The van der Waals surface area contributed by atoms with Crippen LogP contribution >= 0.6 is 11.3 Å². The van der Waals surface area contributed by atoms with E-state index in [9.17, 15) is 9.59 Å². The third kappa shape index (κ3) is 5.31. The van der Waals surface area contributed by atoms with E-state index in [-0.39, 0.29) is 11.9 Å². The summed E-state index contributed by atoms with van der Waals surface area (Å²) in [5.41, 5.74) is 1.69. The van der Waals surface area contributed by atoms with Crippen molar-refractivity contribution in [1.82, 2.24) is 0 Å². The van der Waals surface area contributed by atoms with Gasteiger partial charge in [-0.3, -0.25) is 4.79 Å². The summed E-state index contributed by atoms with van der Waals surface area (Å²) in [6.45, 7) is 5.85. The Morgan fingerprint density at radius 2 is 2.04 bits per heavy atom. The van der Waals surface area contributed by atoms with Crippen LogP contribution in [0.1, 0.15) is 34.6 Å². The van der Waals surface area contributed by atoms with Gasteiger partial charge in [-0.25, -0.2) is 4.79 Å². The molecule has 6 nitrogen and oxygen atoms in total. The molecule has 0 bridgehead atoms. The van der Waals surface area contributed by atoms with Gasteiger partial charge in [-0.2, -0.15) is 0 Å². The smallest absolute Gasteiger partial charge is 0.348 e. The molecule has 7 heteroatoms. The quantitative estimate of drug-likeness (QED) is 0.709. The van der Waals surface area contributed by atoms with Crippen LogP contribution in [0.4, 0.5) is 5.00 Å². The maximum atomic E-state index is 12.3. The number of methoxy groups -OCH3 is 1. The van der Waals surface area contributed by atoms with Gasteiger partial charge in [0, 0.05) is 0 Å². The second-order valence-corrected chi connectivity index (χ2v) is 6.69. The highest BCUT2D eigenvalue weighted by Gasteiger charge is 2.18. The van der Waals surface area contributed by atoms with E-state index < -0.39 is 6.10 Å². The third-order valence-electron chi connectivity index (χ3n) is 3.63. The first-order valence-corrected chi connectivity index (χ1v) is 9.09. The summed E-state index contributed by atoms with van der Waals surface area (Å²) in [5.74, 6) is 0.0890. The highest BCUT2D eigenvalue weighted by molar-refractivity contribution is 7.18. The van der Waals surface area contributed by atoms with E-state index in [4.69, 9.17) is 14.2 Å². The summed E-state index contributed by atoms with van der Waals surface area (Å²) >= 11 is 1.19. The Bertz CT molecular complexity index is 771. The monoisotopic (exact) mass is 377 g/mol. The van der Waals surface area contributed by atoms with E-state index in [1.54, 1.807) is 33.9 Å². The maximum absolute atomic E-state index is 12.3. The van der Waals surface area contributed by atoms with Crippen molar-refractivity contribution in [1.29, 1.82) is 0 Å². The van der Waals surface area contributed by atoms with Gasteiger partial charge in [-0.15, -0.1) is 11.3 Å². The predicted octanol–water partition coefficient (Wildman–Crippen LogP) is 3.79. The molecule has 1 aromatic carbocycles. The van der Waals surface area contributed by atoms with Gasteiger partial charge in [-0.05, 0) is 50.1 Å². The standard InChI is InChI=1S/C19H23NO5S/c1-5-24-19(22)17-12(2)9-16(26-17)20-18(21)13(3)25-11-14-7-6-8-15(10-14)23-4/h6-10,13H,5,11H2,1-4H3,(H,20,21). The van der Waals surface area contributed by atoms with Crippen molar-refractivity contribution in [3.63, 3.8) is 0 Å². The topological polar surface area (TPSA) is 73.9 Å². The first-order chi connectivity index (χ1) is 12.4. The van der Waals surface area contributed by atoms with Crippen LogP contribution in [0.5, 0.6) is 5.75 Å². The molecule has 1 atom stereocenters. The van der Waals surface area contributed by atoms with Crippen LogP contribution in [-0.2, 0) is 20.9 Å². The molecule has 0 aliphatic rings. The zero-order valence-corrected chi connectivity index (χ0v) is 16.1. The lowest BCUT2D eigenvalue weighted by atomic mass is 10.2. The van der Waals surface area contributed by atoms with Gasteiger partial charge in [0.25, 0.3) is 5.91 Å². The lowest BCUT2D eigenvalue weighted by molar-refractivity contribution is -0.127. The number of benzene rings is 1. The van der Waals surface area contributed by atoms with E-state index in [0.717, 1.165) is 16.9 Å². The van der Waals surface area contributed by atoms with Gasteiger partial charge in [0.15, 0.2) is 0 Å². The van der Waals surface area contributed by atoms with Gasteiger partial charge in [0.05, 0.1) is 25.3 Å². The van der Waals surface area contributed by atoms with Crippen LogP contribution in [0.3, 0.4) is 0 Å². The SMILES string of the molecule is CCOC(=O)c1sc(NC(=O)C(C)OCc2cccc(OC)c2)cc1C. The predicted molar refractivity (Wildman–Crippen MR) is 101 cm³/mol. The van der Waals surface area contributed by atoms with Crippen molar-refractivity contribution >= 4 is 28.2 Å². The minimum atomic E-state index is -0.644. The van der Waals surface area contributed by atoms with Crippen LogP contribution in [-0.4, -0.2) is 31.7 Å². The molecular formula is C19H23NO5S. The molecule has 2 aromatic rings. The highest BCUT2D eigenvalue weighted by Crippen LogP contribution is 2.27. The maximum Gasteiger partial charge on any atom is 0.348 e. The number of anilines is 1. The van der Waals surface area contributed by atoms with E-state index in [2.05, 4.69) is 5.32 Å². The van der Waals surface area contributed by atoms with Crippen LogP contribution in [0.15, 0.2) is 30.3 Å². The lowest BCUT2D eigenvalue weighted by Crippen LogP contribution is -2.27. The second-order valence-electron chi connectivity index (χ2n) is 5.64. The van der Waals surface area contributed by atoms with Crippen molar-refractivity contribution in [3.8, 4) is 5.75 Å². The normalized spacial score (nSPS) is 11.7. The molecule has 0 aliphatic carbocycles. The van der Waals surface area contributed by atoms with Crippen LogP contribution in [0.2, 0.25) is 0 Å². The number of hydrogen-bond acceptors (Lipinski definition) is 6. The molecule has 1 unspecified atom stereocenters. The summed E-state index contributed by atoms with van der Waals surface area (Å²) < 4.78 is 15.8. The number of carbonyl (C=O) groups excluding carboxylic acids is 2. The van der Waals surface area contributed by atoms with Gasteiger partial charge in [-0.1, -0.05) is 12.1 Å². The fourth-order valence-electron chi connectivity index (χ4n) is 2.23. The van der Waals surface area contributed by atoms with E-state index in [0.29, 0.717) is 23.1 Å². The fraction of sp³-hybridized carbons (Fsp3) is 0.368. The molecule has 0 saturated carbocycles. The molecule has 0 radical (unpaired) electrons. The summed E-state index contributed by atoms with van der Waals surface area (Å²) in [7, 11) is 1.60. The molecule has 0 fully saturated rings. The average Bonchev–Trinajstić information content (AvgIpc) is 3.00. The molecule has 1 heterocycles. The Balaban J connectivity index is 1.92. The van der Waals surface area contributed by atoms with E-state index >= 15 is 0 Å². The number of rotatable bonds is 8. The van der Waals surface area contributed by atoms with Gasteiger partial charge >= 0.3 is 5.97 Å². The largest absolute Gasteiger partial charge is 0.497 e. The summed E-state index contributed by atoms with van der Waals surface area (Å²) in [6.07, 6.45) is -0.644. The Kier molecular flexibility index (Phi) is 7.17. The molecule has 2 rings (SSSR count). The summed E-state index contributed by atoms with van der Waals surface area (Å²) in [6, 6.07) is 9.23. The van der Waals surface area contributed by atoms with Gasteiger partial charge in [0.2, 0.25) is 0 Å². The minimum Gasteiger partial charge on any atom is -0.497 e. The first kappa shape index (κ1) is 19.9. The van der Waals surface area contributed by atoms with Crippen LogP contribution in [0.25, 0.3) is 0 Å². The number of ether oxygens (including phenoxy) is 3. The molecule has 1 N–H and O–H groups in total. The minimum absolute atomic E-state index is 0.274. The Morgan fingerprint density at radius 1 is 1.27 bits per heavy atom. The molecule has 0 aliphatic heterocycles.